The Morgan fingerprint density at radius 3 is 2.12 bits per heavy atom. The number of hydrogen-bond donors (Lipinski definition) is 0. The summed E-state index contributed by atoms with van der Waals surface area (Å²) in [4.78, 5) is 0. The minimum atomic E-state index is -1.12. The molecule has 0 aliphatic heterocycles. The quantitative estimate of drug-likeness (QED) is 0.510. The first-order chi connectivity index (χ1) is 3.72. The summed E-state index contributed by atoms with van der Waals surface area (Å²) < 4.78 is 27.7. The van der Waals surface area contributed by atoms with E-state index >= 15 is 0 Å². The van der Waals surface area contributed by atoms with Gasteiger partial charge in [0, 0.05) is 6.42 Å². The highest BCUT2D eigenvalue weighted by Crippen LogP contribution is 2.10. The van der Waals surface area contributed by atoms with Crippen LogP contribution in [0.5, 0.6) is 0 Å². The number of halogens is 2. The largest absolute Gasteiger partial charge is 0.472 e. The van der Waals surface area contributed by atoms with Crippen LogP contribution in [0.2, 0.25) is 0 Å². The Hall–Kier alpha value is -0.600. The van der Waals surface area contributed by atoms with E-state index in [-0.39, 0.29) is 6.42 Å². The zero-order valence-corrected chi connectivity index (χ0v) is 4.87. The zero-order chi connectivity index (χ0) is 6.57. The van der Waals surface area contributed by atoms with Crippen LogP contribution in [0, 0.1) is 0 Å². The fourth-order valence-corrected chi connectivity index (χ4v) is 0.250. The number of allylic oxidation sites excluding steroid dienone is 1. The van der Waals surface area contributed by atoms with E-state index in [2.05, 4.69) is 4.74 Å². The van der Waals surface area contributed by atoms with Gasteiger partial charge in [-0.2, -0.15) is 4.39 Å². The van der Waals surface area contributed by atoms with Crippen LogP contribution in [0.25, 0.3) is 0 Å². The average molecular weight is 122 g/mol. The van der Waals surface area contributed by atoms with Gasteiger partial charge >= 0.3 is 6.01 Å². The minimum Gasteiger partial charge on any atom is -0.472 e. The number of ether oxygens (including phenoxy) is 1. The van der Waals surface area contributed by atoms with E-state index < -0.39 is 11.8 Å². The molecule has 0 spiro atoms. The lowest BCUT2D eigenvalue weighted by Gasteiger charge is -1.93. The molecule has 0 bridgehead atoms. The molecule has 0 amide bonds. The van der Waals surface area contributed by atoms with Crippen LogP contribution in [-0.4, -0.2) is 7.11 Å². The van der Waals surface area contributed by atoms with E-state index in [1.54, 1.807) is 0 Å². The first-order valence-corrected chi connectivity index (χ1v) is 2.30. The van der Waals surface area contributed by atoms with Gasteiger partial charge in [-0.15, -0.1) is 0 Å². The van der Waals surface area contributed by atoms with Gasteiger partial charge in [0.15, 0.2) is 5.83 Å². The summed E-state index contributed by atoms with van der Waals surface area (Å²) in [7, 11) is 1.09. The Labute approximate surface area is 47.0 Å². The topological polar surface area (TPSA) is 9.23 Å². The van der Waals surface area contributed by atoms with Crippen molar-refractivity contribution < 1.29 is 13.5 Å². The molecule has 0 unspecified atom stereocenters. The number of rotatable bonds is 2. The summed E-state index contributed by atoms with van der Waals surface area (Å²) in [6, 6.07) is -1.12. The third kappa shape index (κ3) is 1.91. The van der Waals surface area contributed by atoms with Crippen molar-refractivity contribution in [2.24, 2.45) is 0 Å². The van der Waals surface area contributed by atoms with Crippen molar-refractivity contribution in [3.05, 3.63) is 11.8 Å². The highest BCUT2D eigenvalue weighted by atomic mass is 19.2. The second kappa shape index (κ2) is 3.41. The second-order valence-corrected chi connectivity index (χ2v) is 1.24. The Morgan fingerprint density at radius 2 is 2.00 bits per heavy atom. The van der Waals surface area contributed by atoms with E-state index in [0.717, 1.165) is 7.11 Å². The molecule has 0 fully saturated rings. The molecule has 0 aliphatic carbocycles. The van der Waals surface area contributed by atoms with E-state index in [0.29, 0.717) is 0 Å². The first kappa shape index (κ1) is 7.40. The summed E-state index contributed by atoms with van der Waals surface area (Å²) in [6.07, 6.45) is 0.0413. The number of methoxy groups -OCH3 is 1. The van der Waals surface area contributed by atoms with Crippen molar-refractivity contribution in [1.82, 2.24) is 0 Å². The van der Waals surface area contributed by atoms with Gasteiger partial charge in [-0.05, 0) is 0 Å². The number of hydrogen-bond acceptors (Lipinski definition) is 1. The van der Waals surface area contributed by atoms with Crippen LogP contribution in [0.3, 0.4) is 0 Å². The van der Waals surface area contributed by atoms with Gasteiger partial charge in [0.25, 0.3) is 0 Å². The third-order valence-corrected chi connectivity index (χ3v) is 0.703. The lowest BCUT2D eigenvalue weighted by Crippen LogP contribution is -1.80. The molecule has 0 rings (SSSR count). The third-order valence-electron chi connectivity index (χ3n) is 0.703. The lowest BCUT2D eigenvalue weighted by atomic mass is 10.4. The van der Waals surface area contributed by atoms with E-state index in [9.17, 15) is 8.78 Å². The van der Waals surface area contributed by atoms with Crippen molar-refractivity contribution >= 4 is 0 Å². The van der Waals surface area contributed by atoms with Gasteiger partial charge in [0.1, 0.15) is 0 Å². The van der Waals surface area contributed by atoms with Gasteiger partial charge in [-0.25, -0.2) is 4.39 Å². The van der Waals surface area contributed by atoms with Gasteiger partial charge < -0.3 is 4.74 Å². The molecule has 0 N–H and O–H groups in total. The van der Waals surface area contributed by atoms with Crippen LogP contribution in [-0.2, 0) is 4.74 Å². The first-order valence-electron chi connectivity index (χ1n) is 2.30. The summed E-state index contributed by atoms with van der Waals surface area (Å²) in [5.74, 6) is -0.840. The Morgan fingerprint density at radius 1 is 1.50 bits per heavy atom. The molecule has 8 heavy (non-hydrogen) atoms. The maximum absolute atomic E-state index is 11.9. The smallest absolute Gasteiger partial charge is 0.304 e. The molecule has 0 radical (unpaired) electrons. The molecular weight excluding hydrogens is 114 g/mol. The maximum Gasteiger partial charge on any atom is 0.304 e. The van der Waals surface area contributed by atoms with Gasteiger partial charge in [0.2, 0.25) is 0 Å². The highest BCUT2D eigenvalue weighted by Gasteiger charge is 2.00. The average Bonchev–Trinajstić information content (AvgIpc) is 1.84. The zero-order valence-electron chi connectivity index (χ0n) is 4.87. The second-order valence-electron chi connectivity index (χ2n) is 1.24. The molecule has 0 saturated carbocycles. The molecule has 0 atom stereocenters. The summed E-state index contributed by atoms with van der Waals surface area (Å²) in [6.45, 7) is 1.51. The van der Waals surface area contributed by atoms with Crippen molar-refractivity contribution in [3.8, 4) is 0 Å². The van der Waals surface area contributed by atoms with E-state index in [4.69, 9.17) is 0 Å². The van der Waals surface area contributed by atoms with Crippen molar-refractivity contribution in [1.29, 1.82) is 0 Å². The molecule has 0 saturated heterocycles. The summed E-state index contributed by atoms with van der Waals surface area (Å²) in [5.41, 5.74) is 0. The molecule has 3 heteroatoms. The lowest BCUT2D eigenvalue weighted by molar-refractivity contribution is 0.185. The fourth-order valence-electron chi connectivity index (χ4n) is 0.250. The monoisotopic (exact) mass is 122 g/mol. The van der Waals surface area contributed by atoms with Crippen LogP contribution in [0.1, 0.15) is 13.3 Å². The van der Waals surface area contributed by atoms with Gasteiger partial charge in [0.05, 0.1) is 7.11 Å². The van der Waals surface area contributed by atoms with E-state index in [1.165, 1.54) is 6.92 Å². The Bertz CT molecular complexity index is 86.6. The molecule has 0 aromatic carbocycles. The van der Waals surface area contributed by atoms with Crippen LogP contribution >= 0.6 is 0 Å². The van der Waals surface area contributed by atoms with E-state index in [1.807, 2.05) is 0 Å². The standard InChI is InChI=1S/C5H8F2O/c1-3-4(6)5(7)8-2/h3H2,1-2H3. The molecule has 0 aromatic heterocycles. The molecule has 0 aromatic rings. The van der Waals surface area contributed by atoms with Gasteiger partial charge in [-0.3, -0.25) is 0 Å². The van der Waals surface area contributed by atoms with Gasteiger partial charge in [-0.1, -0.05) is 6.92 Å². The highest BCUT2D eigenvalue weighted by molar-refractivity contribution is 4.90. The Balaban J connectivity index is 3.83. The molecule has 1 nitrogen and oxygen atoms in total. The molecule has 0 heterocycles. The van der Waals surface area contributed by atoms with Crippen molar-refractivity contribution in [2.45, 2.75) is 13.3 Å². The SMILES string of the molecule is CCC(F)=C(F)OC. The fraction of sp³-hybridized carbons (Fsp3) is 0.600. The van der Waals surface area contributed by atoms with Crippen LogP contribution in [0.4, 0.5) is 8.78 Å². The van der Waals surface area contributed by atoms with Crippen LogP contribution in [0.15, 0.2) is 11.8 Å². The predicted octanol–water partition coefficient (Wildman–Crippen LogP) is 2.15. The predicted molar refractivity (Wildman–Crippen MR) is 26.5 cm³/mol. The van der Waals surface area contributed by atoms with Crippen LogP contribution < -0.4 is 0 Å². The Kier molecular flexibility index (Phi) is 3.15. The summed E-state index contributed by atoms with van der Waals surface area (Å²) >= 11 is 0. The maximum atomic E-state index is 11.9. The molecular formula is C5H8F2O. The minimum absolute atomic E-state index is 0.0413. The molecule has 48 valence electrons. The van der Waals surface area contributed by atoms with Crippen molar-refractivity contribution in [3.63, 3.8) is 0 Å². The molecule has 0 aliphatic rings. The summed E-state index contributed by atoms with van der Waals surface area (Å²) in [5, 5.41) is 0. The van der Waals surface area contributed by atoms with Crippen molar-refractivity contribution in [2.75, 3.05) is 7.11 Å². The normalized spacial score (nSPS) is 13.0.